The lowest BCUT2D eigenvalue weighted by Crippen LogP contribution is -2.29. The number of benzene rings is 1. The van der Waals surface area contributed by atoms with Crippen molar-refractivity contribution in [3.05, 3.63) is 94.8 Å². The molecule has 2 bridgehead atoms. The van der Waals surface area contributed by atoms with Crippen molar-refractivity contribution in [3.63, 3.8) is 0 Å². The number of nitrogens with zero attached hydrogens (tertiary/aromatic N) is 2. The quantitative estimate of drug-likeness (QED) is 0.209. The van der Waals surface area contributed by atoms with Crippen LogP contribution in [0.4, 0.5) is 23.7 Å². The zero-order valence-corrected chi connectivity index (χ0v) is 24.1. The summed E-state index contributed by atoms with van der Waals surface area (Å²) in [4.78, 5) is 21.3. The molecule has 0 atom stereocenters. The van der Waals surface area contributed by atoms with Gasteiger partial charge >= 0.3 is 12.0 Å². The molecule has 0 radical (unpaired) electrons. The van der Waals surface area contributed by atoms with E-state index in [-0.39, 0.29) is 17.3 Å². The maximum atomic E-state index is 13.9. The van der Waals surface area contributed by atoms with Crippen LogP contribution in [0.1, 0.15) is 46.1 Å². The van der Waals surface area contributed by atoms with Crippen LogP contribution in [0.25, 0.3) is 0 Å². The largest absolute Gasteiger partial charge is 0.495 e. The number of alkyl halides is 3. The van der Waals surface area contributed by atoms with Gasteiger partial charge in [0.2, 0.25) is 5.88 Å². The number of rotatable bonds is 11. The molecule has 0 saturated carbocycles. The third kappa shape index (κ3) is 9.37. The van der Waals surface area contributed by atoms with Gasteiger partial charge in [-0.3, -0.25) is 4.99 Å². The number of ether oxygens (including phenoxy) is 2. The number of carbonyl (C=O) groups is 1. The summed E-state index contributed by atoms with van der Waals surface area (Å²) in [6.45, 7) is 10.3. The molecule has 0 aliphatic heterocycles. The van der Waals surface area contributed by atoms with Gasteiger partial charge in [-0.2, -0.15) is 8.78 Å². The summed E-state index contributed by atoms with van der Waals surface area (Å²) in [7, 11) is 1.33. The highest BCUT2D eigenvalue weighted by atomic mass is 19.3. The van der Waals surface area contributed by atoms with Crippen LogP contribution < -0.4 is 15.4 Å². The lowest BCUT2D eigenvalue weighted by molar-refractivity contribution is -0.0280. The molecule has 0 fully saturated rings. The molecule has 2 aliphatic rings. The van der Waals surface area contributed by atoms with Gasteiger partial charge in [0.1, 0.15) is 11.5 Å². The van der Waals surface area contributed by atoms with E-state index < -0.39 is 24.2 Å². The number of carbonyl (C=O) groups excluding carboxylic acids is 1. The second-order valence-electron chi connectivity index (χ2n) is 8.65. The maximum absolute atomic E-state index is 13.9. The molecular weight excluding hydrogens is 533 g/mol. The fourth-order valence-electron chi connectivity index (χ4n) is 3.73. The predicted octanol–water partition coefficient (Wildman–Crippen LogP) is 7.93. The van der Waals surface area contributed by atoms with Crippen molar-refractivity contribution in [2.45, 2.75) is 46.5 Å². The fraction of sp³-hybridized carbons (Fsp3) is 0.323. The molecule has 1 aromatic carbocycles. The summed E-state index contributed by atoms with van der Waals surface area (Å²) in [5, 5.41) is 5.27. The van der Waals surface area contributed by atoms with Crippen LogP contribution in [0.5, 0.6) is 5.75 Å². The minimum Gasteiger partial charge on any atom is -0.495 e. The Morgan fingerprint density at radius 2 is 1.83 bits per heavy atom. The zero-order valence-electron chi connectivity index (χ0n) is 24.1. The first kappa shape index (κ1) is 32.9. The molecule has 0 spiro atoms. The van der Waals surface area contributed by atoms with Crippen LogP contribution in [0.2, 0.25) is 0 Å². The van der Waals surface area contributed by atoms with Crippen molar-refractivity contribution < 1.29 is 27.4 Å². The van der Waals surface area contributed by atoms with Crippen LogP contribution >= 0.6 is 0 Å². The summed E-state index contributed by atoms with van der Waals surface area (Å²) in [6.07, 6.45) is 13.8. The van der Waals surface area contributed by atoms with Crippen molar-refractivity contribution in [3.8, 4) is 5.75 Å². The topological polar surface area (TPSA) is 84.3 Å². The molecular formula is C31H37F3N4O3. The molecule has 3 rings (SSSR count). The van der Waals surface area contributed by atoms with E-state index in [0.29, 0.717) is 24.4 Å². The first-order valence-corrected chi connectivity index (χ1v) is 13.3. The number of halogens is 3. The maximum Gasteiger partial charge on any atom is 0.323 e. The highest BCUT2D eigenvalue weighted by Crippen LogP contribution is 2.35. The smallest absolute Gasteiger partial charge is 0.323 e. The molecule has 0 aromatic heterocycles. The van der Waals surface area contributed by atoms with Gasteiger partial charge in [-0.05, 0) is 61.6 Å². The minimum atomic E-state index is -3.70. The van der Waals surface area contributed by atoms with Crippen LogP contribution in [0, 0.1) is 0 Å². The Labute approximate surface area is 239 Å². The van der Waals surface area contributed by atoms with Gasteiger partial charge in [0.25, 0.3) is 0 Å². The summed E-state index contributed by atoms with van der Waals surface area (Å²) >= 11 is 0. The number of amides is 2. The van der Waals surface area contributed by atoms with Gasteiger partial charge in [-0.1, -0.05) is 45.1 Å². The predicted molar refractivity (Wildman–Crippen MR) is 159 cm³/mol. The van der Waals surface area contributed by atoms with Crippen molar-refractivity contribution in [2.24, 2.45) is 9.98 Å². The Hall–Kier alpha value is -4.34. The van der Waals surface area contributed by atoms with E-state index >= 15 is 0 Å². The average Bonchev–Trinajstić information content (AvgIpc) is 3.32. The third-order valence-electron chi connectivity index (χ3n) is 5.72. The molecule has 2 amide bonds. The number of allylic oxidation sites excluding steroid dienone is 9. The molecule has 0 heterocycles. The number of fused-ring (bicyclic) bond motifs is 2. The Kier molecular flexibility index (Phi) is 12.9. The van der Waals surface area contributed by atoms with Crippen LogP contribution in [0.15, 0.2) is 99.2 Å². The number of hydrogen-bond acceptors (Lipinski definition) is 5. The van der Waals surface area contributed by atoms with Crippen molar-refractivity contribution >= 4 is 24.1 Å². The van der Waals surface area contributed by atoms with E-state index in [1.807, 2.05) is 52.0 Å². The van der Waals surface area contributed by atoms with E-state index in [2.05, 4.69) is 27.3 Å². The first-order valence-electron chi connectivity index (χ1n) is 13.3. The zero-order chi connectivity index (χ0) is 30.4. The number of aliphatic imine (C=N–C) groups is 2. The SMILES string of the molecule is C=N/C(=C\C(C)=NCCC)OC1=CC=C(NC(=O)Nc2cc(C(F)(F)CF)ccc2OC)C2=CC=CC=C1C2.CC. The van der Waals surface area contributed by atoms with Crippen molar-refractivity contribution in [2.75, 3.05) is 25.6 Å². The highest BCUT2D eigenvalue weighted by molar-refractivity contribution is 5.93. The van der Waals surface area contributed by atoms with E-state index in [4.69, 9.17) is 9.47 Å². The van der Waals surface area contributed by atoms with Gasteiger partial charge in [0.15, 0.2) is 6.67 Å². The number of hydrogen-bond donors (Lipinski definition) is 2. The van der Waals surface area contributed by atoms with E-state index in [1.54, 1.807) is 18.2 Å². The number of anilines is 1. The average molecular weight is 571 g/mol. The molecule has 2 aliphatic carbocycles. The number of nitrogens with one attached hydrogen (secondary N) is 2. The summed E-state index contributed by atoms with van der Waals surface area (Å²) in [5.41, 5.74) is 2.22. The minimum absolute atomic E-state index is 0.0309. The van der Waals surface area contributed by atoms with E-state index in [1.165, 1.54) is 13.2 Å². The molecule has 1 aromatic rings. The van der Waals surface area contributed by atoms with Gasteiger partial charge in [-0.25, -0.2) is 14.2 Å². The van der Waals surface area contributed by atoms with Crippen LogP contribution in [-0.2, 0) is 10.7 Å². The standard InChI is InChI=1S/C29H31F3N4O3.C2H6/c1-5-14-34-19(2)15-27(33-3)39-25-13-11-23(20-8-6-7-9-21(25)16-20)35-28(37)36-24-17-22(29(31,32)18-30)10-12-26(24)38-4;1-2/h6-13,15,17H,3,5,14,16,18H2,1-2,4H3,(H2,35,36,37);1-2H3/b27-15+,34-19?;. The second-order valence-corrected chi connectivity index (χ2v) is 8.65. The van der Waals surface area contributed by atoms with Crippen LogP contribution in [0.3, 0.4) is 0 Å². The van der Waals surface area contributed by atoms with Crippen molar-refractivity contribution in [1.82, 2.24) is 5.32 Å². The number of methoxy groups -OCH3 is 1. The molecule has 0 saturated heterocycles. The normalized spacial score (nSPS) is 15.0. The van der Waals surface area contributed by atoms with E-state index in [0.717, 1.165) is 35.4 Å². The summed E-state index contributed by atoms with van der Waals surface area (Å²) in [5.74, 6) is -2.77. The fourth-order valence-corrected chi connectivity index (χ4v) is 3.73. The molecule has 7 nitrogen and oxygen atoms in total. The Bertz CT molecular complexity index is 1320. The van der Waals surface area contributed by atoms with Gasteiger partial charge in [0.05, 0.1) is 12.8 Å². The van der Waals surface area contributed by atoms with Gasteiger partial charge < -0.3 is 20.1 Å². The number of urea groups is 1. The lowest BCUT2D eigenvalue weighted by atomic mass is 10.0. The van der Waals surface area contributed by atoms with Gasteiger partial charge in [0, 0.05) is 36.0 Å². The summed E-state index contributed by atoms with van der Waals surface area (Å²) in [6, 6.07) is 2.58. The lowest BCUT2D eigenvalue weighted by Gasteiger charge is -2.18. The molecule has 220 valence electrons. The molecule has 2 N–H and O–H groups in total. The second kappa shape index (κ2) is 16.1. The first-order chi connectivity index (χ1) is 19.7. The molecule has 0 unspecified atom stereocenters. The van der Waals surface area contributed by atoms with Crippen molar-refractivity contribution in [1.29, 1.82) is 0 Å². The van der Waals surface area contributed by atoms with Crippen LogP contribution in [-0.4, -0.2) is 38.8 Å². The monoisotopic (exact) mass is 570 g/mol. The Balaban J connectivity index is 0.00000287. The third-order valence-corrected chi connectivity index (χ3v) is 5.72. The Morgan fingerprint density at radius 1 is 1.12 bits per heavy atom. The van der Waals surface area contributed by atoms with Gasteiger partial charge in [-0.15, -0.1) is 0 Å². The molecule has 41 heavy (non-hydrogen) atoms. The Morgan fingerprint density at radius 3 is 2.46 bits per heavy atom. The highest BCUT2D eigenvalue weighted by Gasteiger charge is 2.32. The van der Waals surface area contributed by atoms with E-state index in [9.17, 15) is 18.0 Å². The molecule has 10 heteroatoms. The summed E-state index contributed by atoms with van der Waals surface area (Å²) < 4.78 is 51.9.